The molecule has 1 N–H and O–H groups in total. The zero-order valence-corrected chi connectivity index (χ0v) is 10.4. The maximum Gasteiger partial charge on any atom is 0.222 e. The van der Waals surface area contributed by atoms with Gasteiger partial charge in [-0.05, 0) is 25.4 Å². The molecular formula is C12H24N2O. The first-order valence-electron chi connectivity index (χ1n) is 6.03. The van der Waals surface area contributed by atoms with E-state index in [0.29, 0.717) is 12.0 Å². The maximum absolute atomic E-state index is 11.6. The average Bonchev–Trinajstić information content (AvgIpc) is 2.07. The van der Waals surface area contributed by atoms with Crippen LogP contribution in [0, 0.1) is 11.8 Å². The fourth-order valence-electron chi connectivity index (χ4n) is 1.61. The number of hydrogen-bond donors (Lipinski definition) is 1. The van der Waals surface area contributed by atoms with Crippen LogP contribution in [-0.4, -0.2) is 36.5 Å². The van der Waals surface area contributed by atoms with Crippen molar-refractivity contribution in [2.45, 2.75) is 40.2 Å². The van der Waals surface area contributed by atoms with Gasteiger partial charge in [0.05, 0.1) is 0 Å². The summed E-state index contributed by atoms with van der Waals surface area (Å²) in [5, 5.41) is 3.13. The van der Waals surface area contributed by atoms with E-state index in [0.717, 1.165) is 6.54 Å². The van der Waals surface area contributed by atoms with Crippen LogP contribution >= 0.6 is 0 Å². The number of carbonyl (C=O) groups excluding carboxylic acids is 1. The Kier molecular flexibility index (Phi) is 4.58. The summed E-state index contributed by atoms with van der Waals surface area (Å²) in [6.07, 6.45) is 1.31. The van der Waals surface area contributed by atoms with Gasteiger partial charge in [-0.1, -0.05) is 27.7 Å². The lowest BCUT2D eigenvalue weighted by atomic mass is 10.0. The molecule has 1 amide bonds. The summed E-state index contributed by atoms with van der Waals surface area (Å²) < 4.78 is 0. The molecule has 0 spiro atoms. The van der Waals surface area contributed by atoms with Crippen molar-refractivity contribution in [1.29, 1.82) is 0 Å². The third kappa shape index (κ3) is 3.82. The topological polar surface area (TPSA) is 32.3 Å². The summed E-state index contributed by atoms with van der Waals surface area (Å²) in [6.45, 7) is 11.6. The van der Waals surface area contributed by atoms with Crippen LogP contribution in [0.1, 0.15) is 34.1 Å². The average molecular weight is 212 g/mol. The predicted molar refractivity (Wildman–Crippen MR) is 62.7 cm³/mol. The minimum atomic E-state index is 0.0858. The highest BCUT2D eigenvalue weighted by atomic mass is 16.1. The second-order valence-electron chi connectivity index (χ2n) is 5.17. The summed E-state index contributed by atoms with van der Waals surface area (Å²) in [6, 6.07) is 0.306. The monoisotopic (exact) mass is 212 g/mol. The molecule has 1 aliphatic heterocycles. The standard InChI is InChI=1S/C12H24N2O/c1-9(2)11(8-14-6-5-7-14)13-12(15)10(3)4/h9-11H,5-8H2,1-4H3,(H,13,15). The molecule has 3 heteroatoms. The Hall–Kier alpha value is -0.570. The normalized spacial score (nSPS) is 19.1. The summed E-state index contributed by atoms with van der Waals surface area (Å²) in [7, 11) is 0. The van der Waals surface area contributed by atoms with Gasteiger partial charge in [0.2, 0.25) is 5.91 Å². The number of hydrogen-bond acceptors (Lipinski definition) is 2. The van der Waals surface area contributed by atoms with E-state index in [-0.39, 0.29) is 11.8 Å². The van der Waals surface area contributed by atoms with Crippen molar-refractivity contribution in [1.82, 2.24) is 10.2 Å². The fraction of sp³-hybridized carbons (Fsp3) is 0.917. The third-order valence-corrected chi connectivity index (χ3v) is 3.06. The Bertz CT molecular complexity index is 210. The highest BCUT2D eigenvalue weighted by Crippen LogP contribution is 2.11. The molecule has 0 aliphatic carbocycles. The van der Waals surface area contributed by atoms with Crippen LogP contribution in [0.4, 0.5) is 0 Å². The van der Waals surface area contributed by atoms with Gasteiger partial charge in [0.1, 0.15) is 0 Å². The third-order valence-electron chi connectivity index (χ3n) is 3.06. The maximum atomic E-state index is 11.6. The van der Waals surface area contributed by atoms with Crippen LogP contribution < -0.4 is 5.32 Å². The van der Waals surface area contributed by atoms with Crippen LogP contribution in [0.15, 0.2) is 0 Å². The number of rotatable bonds is 5. The SMILES string of the molecule is CC(C)C(=O)NC(CN1CCC1)C(C)C. The van der Waals surface area contributed by atoms with E-state index in [9.17, 15) is 4.79 Å². The molecule has 0 saturated carbocycles. The van der Waals surface area contributed by atoms with E-state index in [1.165, 1.54) is 19.5 Å². The van der Waals surface area contributed by atoms with Crippen LogP contribution in [0.2, 0.25) is 0 Å². The molecule has 0 bridgehead atoms. The summed E-state index contributed by atoms with van der Waals surface area (Å²) >= 11 is 0. The molecule has 3 nitrogen and oxygen atoms in total. The van der Waals surface area contributed by atoms with Crippen LogP contribution in [0.25, 0.3) is 0 Å². The zero-order valence-electron chi connectivity index (χ0n) is 10.4. The van der Waals surface area contributed by atoms with Gasteiger partial charge in [0.15, 0.2) is 0 Å². The van der Waals surface area contributed by atoms with Gasteiger partial charge >= 0.3 is 0 Å². The van der Waals surface area contributed by atoms with Gasteiger partial charge in [-0.2, -0.15) is 0 Å². The number of likely N-dealkylation sites (tertiary alicyclic amines) is 1. The molecule has 0 aromatic heterocycles. The molecule has 1 rings (SSSR count). The minimum absolute atomic E-state index is 0.0858. The first-order chi connectivity index (χ1) is 7.00. The Balaban J connectivity index is 2.38. The molecule has 88 valence electrons. The lowest BCUT2D eigenvalue weighted by molar-refractivity contribution is -0.125. The van der Waals surface area contributed by atoms with Gasteiger partial charge in [0.25, 0.3) is 0 Å². The van der Waals surface area contributed by atoms with Crippen molar-refractivity contribution >= 4 is 5.91 Å². The Morgan fingerprint density at radius 1 is 1.27 bits per heavy atom. The lowest BCUT2D eigenvalue weighted by Crippen LogP contribution is -2.51. The van der Waals surface area contributed by atoms with Crippen molar-refractivity contribution < 1.29 is 4.79 Å². The Morgan fingerprint density at radius 3 is 2.20 bits per heavy atom. The van der Waals surface area contributed by atoms with Gasteiger partial charge in [-0.25, -0.2) is 0 Å². The first kappa shape index (κ1) is 12.5. The van der Waals surface area contributed by atoms with Crippen LogP contribution in [-0.2, 0) is 4.79 Å². The molecule has 1 heterocycles. The predicted octanol–water partition coefficient (Wildman–Crippen LogP) is 1.49. The number of amides is 1. The minimum Gasteiger partial charge on any atom is -0.352 e. The second-order valence-corrected chi connectivity index (χ2v) is 5.17. The molecule has 0 aromatic rings. The van der Waals surface area contributed by atoms with Gasteiger partial charge < -0.3 is 10.2 Å². The van der Waals surface area contributed by atoms with Crippen molar-refractivity contribution in [3.63, 3.8) is 0 Å². The number of carbonyl (C=O) groups is 1. The van der Waals surface area contributed by atoms with Gasteiger partial charge in [-0.15, -0.1) is 0 Å². The Labute approximate surface area is 93.2 Å². The molecule has 1 unspecified atom stereocenters. The van der Waals surface area contributed by atoms with Crippen molar-refractivity contribution in [3.8, 4) is 0 Å². The van der Waals surface area contributed by atoms with Crippen molar-refractivity contribution in [2.75, 3.05) is 19.6 Å². The fourth-order valence-corrected chi connectivity index (χ4v) is 1.61. The molecule has 1 atom stereocenters. The second kappa shape index (κ2) is 5.50. The van der Waals surface area contributed by atoms with Crippen molar-refractivity contribution in [2.24, 2.45) is 11.8 Å². The number of nitrogens with one attached hydrogen (secondary N) is 1. The molecule has 1 aliphatic rings. The molecule has 0 radical (unpaired) electrons. The summed E-state index contributed by atoms with van der Waals surface area (Å²) in [4.78, 5) is 14.0. The van der Waals surface area contributed by atoms with Crippen molar-refractivity contribution in [3.05, 3.63) is 0 Å². The summed E-state index contributed by atoms with van der Waals surface area (Å²) in [5.41, 5.74) is 0. The smallest absolute Gasteiger partial charge is 0.222 e. The van der Waals surface area contributed by atoms with Crippen LogP contribution in [0.3, 0.4) is 0 Å². The molecule has 15 heavy (non-hydrogen) atoms. The Morgan fingerprint density at radius 2 is 1.87 bits per heavy atom. The van der Waals surface area contributed by atoms with E-state index >= 15 is 0 Å². The van der Waals surface area contributed by atoms with E-state index < -0.39 is 0 Å². The first-order valence-corrected chi connectivity index (χ1v) is 6.03. The number of nitrogens with zero attached hydrogens (tertiary/aromatic N) is 1. The molecule has 1 saturated heterocycles. The molecule has 1 fully saturated rings. The summed E-state index contributed by atoms with van der Waals surface area (Å²) in [5.74, 6) is 0.769. The van der Waals surface area contributed by atoms with E-state index in [1.54, 1.807) is 0 Å². The van der Waals surface area contributed by atoms with Crippen LogP contribution in [0.5, 0.6) is 0 Å². The zero-order chi connectivity index (χ0) is 11.4. The quantitative estimate of drug-likeness (QED) is 0.749. The largest absolute Gasteiger partial charge is 0.352 e. The van der Waals surface area contributed by atoms with E-state index in [1.807, 2.05) is 13.8 Å². The van der Waals surface area contributed by atoms with E-state index in [4.69, 9.17) is 0 Å². The van der Waals surface area contributed by atoms with Gasteiger partial charge in [-0.3, -0.25) is 4.79 Å². The van der Waals surface area contributed by atoms with Gasteiger partial charge in [0, 0.05) is 18.5 Å². The lowest BCUT2D eigenvalue weighted by Gasteiger charge is -2.36. The highest BCUT2D eigenvalue weighted by molar-refractivity contribution is 5.78. The van der Waals surface area contributed by atoms with E-state index in [2.05, 4.69) is 24.1 Å². The highest BCUT2D eigenvalue weighted by Gasteiger charge is 2.23. The molecule has 0 aromatic carbocycles. The molecular weight excluding hydrogens is 188 g/mol.